The van der Waals surface area contributed by atoms with Crippen LogP contribution in [0.2, 0.25) is 0 Å². The zero-order valence-electron chi connectivity index (χ0n) is 10.8. The maximum absolute atomic E-state index is 13.4. The zero-order valence-corrected chi connectivity index (χ0v) is 11.6. The molecule has 6 nitrogen and oxygen atoms in total. The van der Waals surface area contributed by atoms with Crippen molar-refractivity contribution in [3.05, 3.63) is 30.1 Å². The summed E-state index contributed by atoms with van der Waals surface area (Å²) in [4.78, 5) is 12.0. The van der Waals surface area contributed by atoms with Crippen LogP contribution in [-0.4, -0.2) is 16.4 Å². The van der Waals surface area contributed by atoms with Gasteiger partial charge in [0.15, 0.2) is 13.0 Å². The van der Waals surface area contributed by atoms with Crippen LogP contribution in [-0.2, 0) is 11.8 Å². The standard InChI is InChI=1S/C12H12FN3O3S/c1-7(20-11-12(18)19-15-16(11)2)10(17)14-9-6-4-3-5-8(9)13/h3-7H,1-2H3,(H-,14,15,17,18). The number of hydrogen-bond acceptors (Lipinski definition) is 5. The Morgan fingerprint density at radius 3 is 2.85 bits per heavy atom. The highest BCUT2D eigenvalue weighted by molar-refractivity contribution is 8.00. The number of halogens is 1. The number of carbonyl (C=O) groups excluding carboxylic acids is 1. The monoisotopic (exact) mass is 297 g/mol. The molecule has 0 bridgehead atoms. The predicted octanol–water partition coefficient (Wildman–Crippen LogP) is 0.831. The first kappa shape index (κ1) is 14.3. The summed E-state index contributed by atoms with van der Waals surface area (Å²) in [6, 6.07) is 5.86. The Balaban J connectivity index is 2.05. The number of nitrogens with one attached hydrogen (secondary N) is 1. The lowest BCUT2D eigenvalue weighted by Crippen LogP contribution is -2.33. The highest BCUT2D eigenvalue weighted by atomic mass is 32.2. The smallest absolute Gasteiger partial charge is 0.291 e. The molecule has 20 heavy (non-hydrogen) atoms. The normalized spacial score (nSPS) is 12.2. The minimum Gasteiger partial charge on any atom is -0.538 e. The van der Waals surface area contributed by atoms with Crippen molar-refractivity contribution in [3.63, 3.8) is 0 Å². The van der Waals surface area contributed by atoms with Gasteiger partial charge >= 0.3 is 0 Å². The maximum atomic E-state index is 13.4. The molecular weight excluding hydrogens is 285 g/mol. The molecule has 8 heteroatoms. The molecule has 1 heterocycles. The summed E-state index contributed by atoms with van der Waals surface area (Å²) < 4.78 is 19.1. The number of aryl methyl sites for hydroxylation is 1. The van der Waals surface area contributed by atoms with Crippen molar-refractivity contribution in [2.45, 2.75) is 17.2 Å². The first-order chi connectivity index (χ1) is 9.49. The van der Waals surface area contributed by atoms with Gasteiger partial charge in [0.05, 0.1) is 16.2 Å². The summed E-state index contributed by atoms with van der Waals surface area (Å²) in [6.45, 7) is 1.60. The van der Waals surface area contributed by atoms with E-state index < -0.39 is 22.9 Å². The summed E-state index contributed by atoms with van der Waals surface area (Å²) in [5.41, 5.74) is 0.0991. The van der Waals surface area contributed by atoms with Gasteiger partial charge in [0.1, 0.15) is 5.82 Å². The van der Waals surface area contributed by atoms with Crippen LogP contribution in [0.15, 0.2) is 33.8 Å². The topological polar surface area (TPSA) is 82.1 Å². The van der Waals surface area contributed by atoms with Gasteiger partial charge in [-0.3, -0.25) is 4.79 Å². The number of nitrogens with zero attached hydrogens (tertiary/aromatic N) is 2. The van der Waals surface area contributed by atoms with Gasteiger partial charge in [-0.25, -0.2) is 4.39 Å². The van der Waals surface area contributed by atoms with E-state index in [1.165, 1.54) is 29.9 Å². The zero-order chi connectivity index (χ0) is 14.7. The van der Waals surface area contributed by atoms with E-state index in [1.54, 1.807) is 13.0 Å². The Hall–Kier alpha value is -2.09. The average Bonchev–Trinajstić information content (AvgIpc) is 2.73. The second-order valence-electron chi connectivity index (χ2n) is 4.02. The quantitative estimate of drug-likeness (QED) is 0.668. The summed E-state index contributed by atoms with van der Waals surface area (Å²) in [7, 11) is 1.54. The van der Waals surface area contributed by atoms with Gasteiger partial charge in [-0.1, -0.05) is 16.8 Å². The summed E-state index contributed by atoms with van der Waals surface area (Å²) in [6.07, 6.45) is 0. The van der Waals surface area contributed by atoms with Crippen molar-refractivity contribution in [3.8, 4) is 5.95 Å². The van der Waals surface area contributed by atoms with E-state index >= 15 is 0 Å². The van der Waals surface area contributed by atoms with Gasteiger partial charge in [-0.2, -0.15) is 0 Å². The number of carbonyl (C=O) groups is 1. The number of para-hydroxylation sites is 1. The van der Waals surface area contributed by atoms with Crippen molar-refractivity contribution < 1.29 is 23.5 Å². The van der Waals surface area contributed by atoms with Gasteiger partial charge in [0, 0.05) is 0 Å². The number of anilines is 1. The van der Waals surface area contributed by atoms with E-state index in [9.17, 15) is 14.3 Å². The van der Waals surface area contributed by atoms with Crippen molar-refractivity contribution in [1.29, 1.82) is 0 Å². The number of rotatable bonds is 4. The fourth-order valence-corrected chi connectivity index (χ4v) is 2.27. The summed E-state index contributed by atoms with van der Waals surface area (Å²) >= 11 is 0.996. The molecule has 0 saturated heterocycles. The third-order valence-corrected chi connectivity index (χ3v) is 3.73. The van der Waals surface area contributed by atoms with Crippen molar-refractivity contribution in [1.82, 2.24) is 5.27 Å². The number of thioether (sulfide) groups is 1. The van der Waals surface area contributed by atoms with Crippen LogP contribution in [0.1, 0.15) is 6.92 Å². The maximum Gasteiger partial charge on any atom is 0.291 e. The lowest BCUT2D eigenvalue weighted by atomic mass is 10.3. The molecule has 1 atom stereocenters. The first-order valence-electron chi connectivity index (χ1n) is 5.74. The van der Waals surface area contributed by atoms with Gasteiger partial charge in [0.2, 0.25) is 5.91 Å². The summed E-state index contributed by atoms with van der Waals surface area (Å²) in [5.74, 6) is -1.54. The van der Waals surface area contributed by atoms with E-state index in [4.69, 9.17) is 0 Å². The van der Waals surface area contributed by atoms with E-state index in [-0.39, 0.29) is 10.7 Å². The highest BCUT2D eigenvalue weighted by Crippen LogP contribution is 2.26. The van der Waals surface area contributed by atoms with E-state index in [0.29, 0.717) is 0 Å². The molecule has 1 amide bonds. The Morgan fingerprint density at radius 2 is 2.25 bits per heavy atom. The fraction of sp³-hybridized carbons (Fsp3) is 0.250. The Labute approximate surface area is 118 Å². The second-order valence-corrected chi connectivity index (χ2v) is 5.35. The molecule has 1 N–H and O–H groups in total. The van der Waals surface area contributed by atoms with Crippen LogP contribution >= 0.6 is 11.8 Å². The van der Waals surface area contributed by atoms with Crippen LogP contribution < -0.4 is 15.1 Å². The Morgan fingerprint density at radius 1 is 1.55 bits per heavy atom. The minimum atomic E-state index is -0.608. The van der Waals surface area contributed by atoms with Crippen molar-refractivity contribution in [2.24, 2.45) is 7.05 Å². The fourth-order valence-electron chi connectivity index (χ4n) is 1.45. The van der Waals surface area contributed by atoms with Crippen LogP contribution in [0, 0.1) is 5.82 Å². The molecule has 0 spiro atoms. The molecule has 2 rings (SSSR count). The van der Waals surface area contributed by atoms with E-state index in [2.05, 4.69) is 15.1 Å². The predicted molar refractivity (Wildman–Crippen MR) is 67.5 cm³/mol. The first-order valence-corrected chi connectivity index (χ1v) is 6.62. The molecule has 2 aromatic rings. The van der Waals surface area contributed by atoms with Crippen molar-refractivity contribution in [2.75, 3.05) is 5.32 Å². The van der Waals surface area contributed by atoms with Gasteiger partial charge < -0.3 is 14.9 Å². The lowest BCUT2D eigenvalue weighted by molar-refractivity contribution is -0.772. The van der Waals surface area contributed by atoms with Crippen LogP contribution in [0.25, 0.3) is 0 Å². The molecule has 0 saturated carbocycles. The molecular formula is C12H12FN3O3S. The molecule has 1 aromatic carbocycles. The average molecular weight is 297 g/mol. The van der Waals surface area contributed by atoms with Gasteiger partial charge in [-0.15, -0.1) is 0 Å². The third-order valence-electron chi connectivity index (χ3n) is 2.50. The largest absolute Gasteiger partial charge is 0.538 e. The van der Waals surface area contributed by atoms with Gasteiger partial charge in [-0.05, 0) is 30.8 Å². The number of hydrogen-bond donors (Lipinski definition) is 1. The highest BCUT2D eigenvalue weighted by Gasteiger charge is 2.23. The van der Waals surface area contributed by atoms with Crippen LogP contribution in [0.5, 0.6) is 5.95 Å². The van der Waals surface area contributed by atoms with Crippen LogP contribution in [0.4, 0.5) is 10.1 Å². The Kier molecular flexibility index (Phi) is 4.23. The Bertz CT molecular complexity index is 613. The summed E-state index contributed by atoms with van der Waals surface area (Å²) in [5, 5.41) is 16.9. The van der Waals surface area contributed by atoms with Crippen molar-refractivity contribution >= 4 is 23.4 Å². The number of aromatic nitrogens is 2. The molecule has 0 aliphatic rings. The minimum absolute atomic E-state index is 0.0991. The van der Waals surface area contributed by atoms with E-state index in [1.807, 2.05) is 0 Å². The molecule has 0 radical (unpaired) electrons. The number of benzene rings is 1. The lowest BCUT2D eigenvalue weighted by Gasteiger charge is -2.10. The molecule has 0 aliphatic carbocycles. The molecule has 0 aliphatic heterocycles. The van der Waals surface area contributed by atoms with Gasteiger partial charge in [0.25, 0.3) is 5.03 Å². The molecule has 1 aromatic heterocycles. The SMILES string of the molecule is CC(Sc1c([O-])on[n+]1C)C(=O)Nc1ccccc1F. The molecule has 0 fully saturated rings. The third kappa shape index (κ3) is 3.08. The van der Waals surface area contributed by atoms with E-state index in [0.717, 1.165) is 11.8 Å². The number of amides is 1. The molecule has 1 unspecified atom stereocenters. The van der Waals surface area contributed by atoms with Crippen LogP contribution in [0.3, 0.4) is 0 Å². The second kappa shape index (κ2) is 5.91. The molecule has 106 valence electrons.